The summed E-state index contributed by atoms with van der Waals surface area (Å²) in [6.07, 6.45) is 1.64. The van der Waals surface area contributed by atoms with Gasteiger partial charge in [-0.2, -0.15) is 5.10 Å². The summed E-state index contributed by atoms with van der Waals surface area (Å²) in [5.41, 5.74) is 3.72. The number of aromatic nitrogens is 3. The van der Waals surface area contributed by atoms with Gasteiger partial charge in [-0.3, -0.25) is 4.79 Å². The average molecular weight is 358 g/mol. The SMILES string of the molecule is COc1ccc(C(=O)Nc2cnc3c(c2)c(C)nn3-c2ccccc2)cc1. The molecule has 1 amide bonds. The van der Waals surface area contributed by atoms with Crippen molar-refractivity contribution in [3.63, 3.8) is 0 Å². The first kappa shape index (κ1) is 16.8. The second kappa shape index (κ2) is 6.92. The van der Waals surface area contributed by atoms with Crippen molar-refractivity contribution in [3.8, 4) is 11.4 Å². The van der Waals surface area contributed by atoms with Crippen molar-refractivity contribution in [2.45, 2.75) is 6.92 Å². The number of para-hydroxylation sites is 1. The lowest BCUT2D eigenvalue weighted by Gasteiger charge is -2.07. The van der Waals surface area contributed by atoms with Crippen molar-refractivity contribution in [1.29, 1.82) is 0 Å². The van der Waals surface area contributed by atoms with Crippen LogP contribution >= 0.6 is 0 Å². The minimum absolute atomic E-state index is 0.202. The lowest BCUT2D eigenvalue weighted by Crippen LogP contribution is -2.12. The first-order valence-electron chi connectivity index (χ1n) is 8.52. The van der Waals surface area contributed by atoms with E-state index < -0.39 is 0 Å². The second-order valence-corrected chi connectivity index (χ2v) is 6.11. The monoisotopic (exact) mass is 358 g/mol. The maximum absolute atomic E-state index is 12.5. The molecule has 6 heteroatoms. The number of carbonyl (C=O) groups excluding carboxylic acids is 1. The van der Waals surface area contributed by atoms with Gasteiger partial charge in [0.05, 0.1) is 30.4 Å². The van der Waals surface area contributed by atoms with Crippen LogP contribution in [-0.4, -0.2) is 27.8 Å². The fourth-order valence-corrected chi connectivity index (χ4v) is 2.91. The van der Waals surface area contributed by atoms with E-state index in [9.17, 15) is 4.79 Å². The number of methoxy groups -OCH3 is 1. The van der Waals surface area contributed by atoms with Crippen molar-refractivity contribution in [1.82, 2.24) is 14.8 Å². The van der Waals surface area contributed by atoms with Gasteiger partial charge in [0.25, 0.3) is 5.91 Å². The average Bonchev–Trinajstić information content (AvgIpc) is 3.05. The van der Waals surface area contributed by atoms with E-state index in [1.54, 1.807) is 42.3 Å². The number of carbonyl (C=O) groups is 1. The zero-order valence-electron chi connectivity index (χ0n) is 15.0. The van der Waals surface area contributed by atoms with E-state index in [0.717, 1.165) is 22.4 Å². The number of amides is 1. The van der Waals surface area contributed by atoms with Gasteiger partial charge in [0.1, 0.15) is 5.75 Å². The highest BCUT2D eigenvalue weighted by atomic mass is 16.5. The number of fused-ring (bicyclic) bond motifs is 1. The molecule has 0 fully saturated rings. The summed E-state index contributed by atoms with van der Waals surface area (Å²) in [5.74, 6) is 0.505. The van der Waals surface area contributed by atoms with Crippen molar-refractivity contribution in [3.05, 3.63) is 78.1 Å². The molecule has 0 saturated heterocycles. The molecule has 0 aliphatic carbocycles. The van der Waals surface area contributed by atoms with E-state index in [1.165, 1.54) is 0 Å². The molecule has 134 valence electrons. The van der Waals surface area contributed by atoms with Gasteiger partial charge < -0.3 is 10.1 Å². The molecule has 0 atom stereocenters. The molecule has 0 aliphatic heterocycles. The molecular formula is C21H18N4O2. The van der Waals surface area contributed by atoms with Crippen LogP contribution in [-0.2, 0) is 0 Å². The van der Waals surface area contributed by atoms with Crippen LogP contribution in [0, 0.1) is 6.92 Å². The lowest BCUT2D eigenvalue weighted by atomic mass is 10.2. The first-order valence-corrected chi connectivity index (χ1v) is 8.52. The molecule has 4 aromatic rings. The van der Waals surface area contributed by atoms with E-state index >= 15 is 0 Å². The quantitative estimate of drug-likeness (QED) is 0.599. The number of benzene rings is 2. The third-order valence-electron chi connectivity index (χ3n) is 4.32. The molecule has 27 heavy (non-hydrogen) atoms. The number of hydrogen-bond donors (Lipinski definition) is 1. The largest absolute Gasteiger partial charge is 0.497 e. The van der Waals surface area contributed by atoms with Crippen molar-refractivity contribution >= 4 is 22.6 Å². The molecular weight excluding hydrogens is 340 g/mol. The van der Waals surface area contributed by atoms with Crippen LogP contribution in [0.2, 0.25) is 0 Å². The summed E-state index contributed by atoms with van der Waals surface area (Å²) < 4.78 is 6.92. The van der Waals surface area contributed by atoms with E-state index in [2.05, 4.69) is 15.4 Å². The molecule has 0 unspecified atom stereocenters. The molecule has 0 radical (unpaired) electrons. The van der Waals surface area contributed by atoms with Gasteiger partial charge >= 0.3 is 0 Å². The summed E-state index contributed by atoms with van der Waals surface area (Å²) in [7, 11) is 1.59. The van der Waals surface area contributed by atoms with Crippen molar-refractivity contribution in [2.75, 3.05) is 12.4 Å². The Kier molecular flexibility index (Phi) is 4.30. The van der Waals surface area contributed by atoms with E-state index in [4.69, 9.17) is 4.74 Å². The molecule has 4 rings (SSSR count). The predicted molar refractivity (Wildman–Crippen MR) is 105 cm³/mol. The van der Waals surface area contributed by atoms with Gasteiger partial charge in [0.2, 0.25) is 0 Å². The fraction of sp³-hybridized carbons (Fsp3) is 0.0952. The van der Waals surface area contributed by atoms with Gasteiger partial charge in [-0.05, 0) is 49.4 Å². The number of rotatable bonds is 4. The standard InChI is InChI=1S/C21H18N4O2/c1-14-19-12-16(23-21(26)15-8-10-18(27-2)11-9-15)13-22-20(19)25(24-14)17-6-4-3-5-7-17/h3-13H,1-2H3,(H,23,26). The fourth-order valence-electron chi connectivity index (χ4n) is 2.91. The number of nitrogens with zero attached hydrogens (tertiary/aromatic N) is 3. The Morgan fingerprint density at radius 3 is 2.52 bits per heavy atom. The Hall–Kier alpha value is -3.67. The highest BCUT2D eigenvalue weighted by Gasteiger charge is 2.13. The van der Waals surface area contributed by atoms with Crippen LogP contribution in [0.3, 0.4) is 0 Å². The zero-order chi connectivity index (χ0) is 18.8. The maximum atomic E-state index is 12.5. The lowest BCUT2D eigenvalue weighted by molar-refractivity contribution is 0.102. The molecule has 6 nitrogen and oxygen atoms in total. The second-order valence-electron chi connectivity index (χ2n) is 6.11. The van der Waals surface area contributed by atoms with E-state index in [-0.39, 0.29) is 5.91 Å². The summed E-state index contributed by atoms with van der Waals surface area (Å²) in [6.45, 7) is 1.93. The van der Waals surface area contributed by atoms with Crippen LogP contribution < -0.4 is 10.1 Å². The Labute approximate surface area is 156 Å². The number of ether oxygens (including phenoxy) is 1. The van der Waals surface area contributed by atoms with Gasteiger partial charge in [-0.1, -0.05) is 18.2 Å². The number of pyridine rings is 1. The zero-order valence-corrected chi connectivity index (χ0v) is 15.0. The maximum Gasteiger partial charge on any atom is 0.255 e. The van der Waals surface area contributed by atoms with Crippen LogP contribution in [0.1, 0.15) is 16.1 Å². The molecule has 2 heterocycles. The normalized spacial score (nSPS) is 10.7. The van der Waals surface area contributed by atoms with Crippen LogP contribution in [0.4, 0.5) is 5.69 Å². The predicted octanol–water partition coefficient (Wildman–Crippen LogP) is 3.99. The molecule has 0 spiro atoms. The number of hydrogen-bond acceptors (Lipinski definition) is 4. The summed E-state index contributed by atoms with van der Waals surface area (Å²) in [4.78, 5) is 17.0. The van der Waals surface area contributed by atoms with Crippen LogP contribution in [0.15, 0.2) is 66.9 Å². The molecule has 0 bridgehead atoms. The highest BCUT2D eigenvalue weighted by Crippen LogP contribution is 2.23. The van der Waals surface area contributed by atoms with Crippen molar-refractivity contribution in [2.24, 2.45) is 0 Å². The molecule has 2 aromatic heterocycles. The highest BCUT2D eigenvalue weighted by molar-refractivity contribution is 6.05. The van der Waals surface area contributed by atoms with Crippen LogP contribution in [0.25, 0.3) is 16.7 Å². The number of aryl methyl sites for hydroxylation is 1. The van der Waals surface area contributed by atoms with Gasteiger partial charge in [0.15, 0.2) is 5.65 Å². The Morgan fingerprint density at radius 1 is 1.07 bits per heavy atom. The minimum atomic E-state index is -0.202. The minimum Gasteiger partial charge on any atom is -0.497 e. The summed E-state index contributed by atoms with van der Waals surface area (Å²) >= 11 is 0. The smallest absolute Gasteiger partial charge is 0.255 e. The van der Waals surface area contributed by atoms with E-state index in [0.29, 0.717) is 17.0 Å². The van der Waals surface area contributed by atoms with Gasteiger partial charge in [-0.15, -0.1) is 0 Å². The molecule has 2 aromatic carbocycles. The Bertz CT molecular complexity index is 1100. The Morgan fingerprint density at radius 2 is 1.81 bits per heavy atom. The van der Waals surface area contributed by atoms with Gasteiger partial charge in [0, 0.05) is 10.9 Å². The van der Waals surface area contributed by atoms with E-state index in [1.807, 2.05) is 43.3 Å². The topological polar surface area (TPSA) is 69.0 Å². The van der Waals surface area contributed by atoms with Crippen molar-refractivity contribution < 1.29 is 9.53 Å². The Balaban J connectivity index is 1.64. The van der Waals surface area contributed by atoms with Crippen LogP contribution in [0.5, 0.6) is 5.75 Å². The summed E-state index contributed by atoms with van der Waals surface area (Å²) in [6, 6.07) is 18.7. The summed E-state index contributed by atoms with van der Waals surface area (Å²) in [5, 5.41) is 8.36. The number of anilines is 1. The third kappa shape index (κ3) is 3.25. The molecule has 1 N–H and O–H groups in total. The third-order valence-corrected chi connectivity index (χ3v) is 4.32. The molecule has 0 saturated carbocycles. The first-order chi connectivity index (χ1) is 13.2. The number of nitrogens with one attached hydrogen (secondary N) is 1. The van der Waals surface area contributed by atoms with Gasteiger partial charge in [-0.25, -0.2) is 9.67 Å². The molecule has 0 aliphatic rings.